The summed E-state index contributed by atoms with van der Waals surface area (Å²) in [6.45, 7) is 7.47. The summed E-state index contributed by atoms with van der Waals surface area (Å²) in [5.41, 5.74) is 2.83. The summed E-state index contributed by atoms with van der Waals surface area (Å²) in [6.07, 6.45) is 3.54. The third-order valence-corrected chi connectivity index (χ3v) is 7.75. The van der Waals surface area contributed by atoms with E-state index in [0.29, 0.717) is 23.9 Å². The van der Waals surface area contributed by atoms with Gasteiger partial charge in [0, 0.05) is 43.1 Å². The number of fused-ring (bicyclic) bond motifs is 2. The maximum atomic E-state index is 13.3. The number of rotatable bonds is 4. The molecule has 0 radical (unpaired) electrons. The number of nitrogens with zero attached hydrogens (tertiary/aromatic N) is 2. The average Bonchev–Trinajstić information content (AvgIpc) is 2.72. The van der Waals surface area contributed by atoms with Gasteiger partial charge in [0.25, 0.3) is 0 Å². The van der Waals surface area contributed by atoms with E-state index >= 15 is 0 Å². The minimum Gasteiger partial charge on any atom is -0.334 e. The molecular weight excluding hydrogens is 356 g/mol. The van der Waals surface area contributed by atoms with Crippen LogP contribution in [0.3, 0.4) is 0 Å². The van der Waals surface area contributed by atoms with Crippen LogP contribution in [0.15, 0.2) is 60.7 Å². The van der Waals surface area contributed by atoms with Gasteiger partial charge in [-0.3, -0.25) is 9.69 Å². The molecule has 5 atom stereocenters. The Morgan fingerprint density at radius 1 is 0.966 bits per heavy atom. The van der Waals surface area contributed by atoms with E-state index in [1.165, 1.54) is 24.0 Å². The van der Waals surface area contributed by atoms with Crippen LogP contribution in [0, 0.1) is 17.3 Å². The molecule has 3 nitrogen and oxygen atoms in total. The Morgan fingerprint density at radius 2 is 1.59 bits per heavy atom. The van der Waals surface area contributed by atoms with Crippen LogP contribution in [0.2, 0.25) is 0 Å². The molecule has 6 rings (SSSR count). The van der Waals surface area contributed by atoms with Crippen molar-refractivity contribution >= 4 is 5.91 Å². The highest BCUT2D eigenvalue weighted by atomic mass is 16.2. The summed E-state index contributed by atoms with van der Waals surface area (Å²) in [5.74, 6) is 1.07. The van der Waals surface area contributed by atoms with Gasteiger partial charge >= 0.3 is 0 Å². The van der Waals surface area contributed by atoms with Crippen molar-refractivity contribution < 1.29 is 4.79 Å². The van der Waals surface area contributed by atoms with Crippen molar-refractivity contribution in [2.24, 2.45) is 17.3 Å². The van der Waals surface area contributed by atoms with E-state index in [0.717, 1.165) is 26.1 Å². The lowest BCUT2D eigenvalue weighted by atomic mass is 9.56. The minimum atomic E-state index is 0.126. The molecule has 1 amide bonds. The van der Waals surface area contributed by atoms with E-state index < -0.39 is 0 Å². The van der Waals surface area contributed by atoms with Gasteiger partial charge in [0.2, 0.25) is 5.91 Å². The van der Waals surface area contributed by atoms with Gasteiger partial charge in [0.15, 0.2) is 0 Å². The van der Waals surface area contributed by atoms with Crippen LogP contribution in [-0.4, -0.2) is 34.3 Å². The maximum Gasteiger partial charge on any atom is 0.225 e. The Morgan fingerprint density at radius 3 is 2.24 bits per heavy atom. The highest BCUT2D eigenvalue weighted by Gasteiger charge is 2.59. The fraction of sp³-hybridized carbons (Fsp3) is 0.500. The summed E-state index contributed by atoms with van der Waals surface area (Å²) >= 11 is 0. The first-order chi connectivity index (χ1) is 14.0. The van der Waals surface area contributed by atoms with Gasteiger partial charge in [-0.2, -0.15) is 0 Å². The van der Waals surface area contributed by atoms with Gasteiger partial charge in [-0.25, -0.2) is 0 Å². The van der Waals surface area contributed by atoms with Crippen molar-refractivity contribution in [3.8, 4) is 0 Å². The van der Waals surface area contributed by atoms with Crippen molar-refractivity contribution in [3.05, 3.63) is 71.8 Å². The van der Waals surface area contributed by atoms with Gasteiger partial charge in [0.1, 0.15) is 0 Å². The maximum absolute atomic E-state index is 13.3. The molecule has 29 heavy (non-hydrogen) atoms. The van der Waals surface area contributed by atoms with E-state index in [4.69, 9.17) is 0 Å². The minimum absolute atomic E-state index is 0.126. The lowest BCUT2D eigenvalue weighted by molar-refractivity contribution is -0.177. The van der Waals surface area contributed by atoms with Crippen LogP contribution in [0.25, 0.3) is 0 Å². The first-order valence-corrected chi connectivity index (χ1v) is 11.2. The number of likely N-dealkylation sites (tertiary alicyclic amines) is 1. The predicted octanol–water partition coefficient (Wildman–Crippen LogP) is 4.72. The number of hydrogen-bond donors (Lipinski definition) is 0. The first-order valence-electron chi connectivity index (χ1n) is 11.2. The lowest BCUT2D eigenvalue weighted by Gasteiger charge is -2.64. The fourth-order valence-electron chi connectivity index (χ4n) is 6.54. The fourth-order valence-corrected chi connectivity index (χ4v) is 6.54. The molecule has 1 saturated carbocycles. The molecule has 152 valence electrons. The third-order valence-electron chi connectivity index (χ3n) is 7.75. The van der Waals surface area contributed by atoms with Crippen LogP contribution in [-0.2, 0) is 17.9 Å². The van der Waals surface area contributed by atoms with E-state index in [-0.39, 0.29) is 11.3 Å². The number of carbonyl (C=O) groups is 1. The predicted molar refractivity (Wildman–Crippen MR) is 116 cm³/mol. The van der Waals surface area contributed by atoms with E-state index in [9.17, 15) is 4.79 Å². The zero-order chi connectivity index (χ0) is 20.0. The molecule has 5 unspecified atom stereocenters. The van der Waals surface area contributed by atoms with Crippen LogP contribution in [0.1, 0.15) is 44.2 Å². The molecule has 1 aliphatic carbocycles. The Labute approximate surface area is 174 Å². The summed E-state index contributed by atoms with van der Waals surface area (Å²) in [7, 11) is 0. The van der Waals surface area contributed by atoms with Gasteiger partial charge in [-0.1, -0.05) is 74.5 Å². The second kappa shape index (κ2) is 7.28. The van der Waals surface area contributed by atoms with Crippen LogP contribution >= 0.6 is 0 Å². The quantitative estimate of drug-likeness (QED) is 0.756. The van der Waals surface area contributed by atoms with Crippen LogP contribution in [0.5, 0.6) is 0 Å². The van der Waals surface area contributed by atoms with Crippen molar-refractivity contribution in [1.29, 1.82) is 0 Å². The Balaban J connectivity index is 1.45. The highest BCUT2D eigenvalue weighted by molar-refractivity contribution is 5.80. The normalized spacial score (nSPS) is 34.3. The van der Waals surface area contributed by atoms with Gasteiger partial charge in [-0.05, 0) is 36.3 Å². The second-order valence-corrected chi connectivity index (χ2v) is 9.85. The van der Waals surface area contributed by atoms with Crippen LogP contribution in [0.4, 0.5) is 0 Å². The number of amides is 1. The second-order valence-electron chi connectivity index (χ2n) is 9.85. The SMILES string of the molecule is CC1CC2C3CCC(C)(CN3Cc3ccccc3)C2N(Cc2ccccc2)C1=O. The summed E-state index contributed by atoms with van der Waals surface area (Å²) in [5, 5.41) is 0. The van der Waals surface area contributed by atoms with Crippen molar-refractivity contribution in [2.45, 2.75) is 58.3 Å². The zero-order valence-corrected chi connectivity index (χ0v) is 17.6. The molecule has 0 N–H and O–H groups in total. The van der Waals surface area contributed by atoms with Gasteiger partial charge in [0.05, 0.1) is 0 Å². The topological polar surface area (TPSA) is 23.6 Å². The number of hydrogen-bond acceptors (Lipinski definition) is 2. The number of carbonyl (C=O) groups excluding carboxylic acids is 1. The third kappa shape index (κ3) is 3.30. The molecule has 2 bridgehead atoms. The molecule has 2 aromatic carbocycles. The molecule has 3 aliphatic heterocycles. The number of benzene rings is 2. The molecule has 0 spiro atoms. The summed E-state index contributed by atoms with van der Waals surface area (Å²) < 4.78 is 0. The Bertz CT molecular complexity index is 867. The van der Waals surface area contributed by atoms with E-state index in [1.54, 1.807) is 0 Å². The van der Waals surface area contributed by atoms with Gasteiger partial charge in [-0.15, -0.1) is 0 Å². The molecule has 2 aromatic rings. The first kappa shape index (κ1) is 18.9. The van der Waals surface area contributed by atoms with Crippen molar-refractivity contribution in [1.82, 2.24) is 9.80 Å². The Hall–Kier alpha value is -2.13. The molecule has 0 aromatic heterocycles. The van der Waals surface area contributed by atoms with E-state index in [1.807, 2.05) is 0 Å². The lowest BCUT2D eigenvalue weighted by Crippen LogP contribution is -2.71. The van der Waals surface area contributed by atoms with Crippen LogP contribution < -0.4 is 0 Å². The summed E-state index contributed by atoms with van der Waals surface area (Å²) in [4.78, 5) is 18.3. The summed E-state index contributed by atoms with van der Waals surface area (Å²) in [6, 6.07) is 22.4. The van der Waals surface area contributed by atoms with Gasteiger partial charge < -0.3 is 4.90 Å². The molecule has 4 aliphatic rings. The molecule has 3 saturated heterocycles. The Kier molecular flexibility index (Phi) is 4.74. The molecule has 4 fully saturated rings. The van der Waals surface area contributed by atoms with Crippen molar-refractivity contribution in [3.63, 3.8) is 0 Å². The average molecular weight is 389 g/mol. The molecule has 3 heterocycles. The monoisotopic (exact) mass is 388 g/mol. The highest BCUT2D eigenvalue weighted by Crippen LogP contribution is 2.54. The zero-order valence-electron chi connectivity index (χ0n) is 17.6. The smallest absolute Gasteiger partial charge is 0.225 e. The molecule has 3 heteroatoms. The molecular formula is C26H32N2O. The largest absolute Gasteiger partial charge is 0.334 e. The number of piperidine rings is 3. The van der Waals surface area contributed by atoms with Crippen molar-refractivity contribution in [2.75, 3.05) is 6.54 Å². The standard InChI is InChI=1S/C26H32N2O/c1-19-15-22-23-13-14-26(2,18-27(23)16-20-9-5-3-6-10-20)24(22)28(25(19)29)17-21-11-7-4-8-12-21/h3-12,19,22-24H,13-18H2,1-2H3. The van der Waals surface area contributed by atoms with E-state index in [2.05, 4.69) is 84.3 Å².